The molecule has 1 fully saturated rings. The second kappa shape index (κ2) is 9.72. The lowest BCUT2D eigenvalue weighted by molar-refractivity contribution is -0.123. The molecular weight excluding hydrogens is 508 g/mol. The molecule has 0 aliphatic carbocycles. The molecule has 1 aliphatic heterocycles. The minimum atomic E-state index is -4.01. The number of amides is 1. The number of anilines is 1. The van der Waals surface area contributed by atoms with Crippen molar-refractivity contribution in [2.75, 3.05) is 18.0 Å². The number of aromatic nitrogens is 1. The van der Waals surface area contributed by atoms with Gasteiger partial charge in [0.05, 0.1) is 27.9 Å². The van der Waals surface area contributed by atoms with Gasteiger partial charge in [0.1, 0.15) is 5.76 Å². The number of furan rings is 1. The fraction of sp³-hybridized carbons (Fsp3) is 0.280. The Balaban J connectivity index is 1.36. The average Bonchev–Trinajstić information content (AvgIpc) is 3.53. The molecule has 0 spiro atoms. The monoisotopic (exact) mass is 531 g/mol. The van der Waals surface area contributed by atoms with E-state index in [0.717, 1.165) is 27.9 Å². The zero-order valence-corrected chi connectivity index (χ0v) is 21.0. The first kappa shape index (κ1) is 24.5. The number of halogens is 2. The first-order valence-electron chi connectivity index (χ1n) is 11.4. The molecule has 11 heteroatoms. The standard InChI is InChI=1S/C25H23F2N3O4S2/c1-16-4-7-22-23(13-16)35-25(28-22)30(15-18-3-2-12-34-18)24(31)17-8-10-29(11-9-17)36(32,33)19-5-6-20(26)21(27)14-19/h2-7,12-14,17H,8-11,15H2,1H3. The van der Waals surface area contributed by atoms with E-state index >= 15 is 0 Å². The summed E-state index contributed by atoms with van der Waals surface area (Å²) in [5.41, 5.74) is 1.89. The lowest BCUT2D eigenvalue weighted by Gasteiger charge is -2.32. The Morgan fingerprint density at radius 2 is 1.92 bits per heavy atom. The van der Waals surface area contributed by atoms with E-state index < -0.39 is 27.6 Å². The predicted molar refractivity (Wildman–Crippen MR) is 132 cm³/mol. The van der Waals surface area contributed by atoms with Gasteiger partial charge in [0.25, 0.3) is 0 Å². The van der Waals surface area contributed by atoms with Crippen molar-refractivity contribution in [2.45, 2.75) is 31.2 Å². The van der Waals surface area contributed by atoms with Gasteiger partial charge in [-0.25, -0.2) is 22.2 Å². The third-order valence-corrected chi connectivity index (χ3v) is 9.19. The van der Waals surface area contributed by atoms with Crippen LogP contribution in [0, 0.1) is 24.5 Å². The van der Waals surface area contributed by atoms with Crippen molar-refractivity contribution in [3.63, 3.8) is 0 Å². The van der Waals surface area contributed by atoms with E-state index in [-0.39, 0.29) is 30.4 Å². The van der Waals surface area contributed by atoms with Crippen molar-refractivity contribution in [3.05, 3.63) is 77.8 Å². The van der Waals surface area contributed by atoms with Gasteiger partial charge in [-0.1, -0.05) is 17.4 Å². The van der Waals surface area contributed by atoms with Crippen LogP contribution >= 0.6 is 11.3 Å². The zero-order valence-electron chi connectivity index (χ0n) is 19.4. The number of piperidine rings is 1. The molecule has 7 nitrogen and oxygen atoms in total. The Hall–Kier alpha value is -3.15. The topological polar surface area (TPSA) is 83.7 Å². The fourth-order valence-corrected chi connectivity index (χ4v) is 6.83. The molecule has 4 aromatic rings. The first-order chi connectivity index (χ1) is 17.2. The maximum atomic E-state index is 13.7. The van der Waals surface area contributed by atoms with Crippen molar-refractivity contribution in [3.8, 4) is 0 Å². The number of fused-ring (bicyclic) bond motifs is 1. The molecule has 0 atom stereocenters. The van der Waals surface area contributed by atoms with E-state index in [0.29, 0.717) is 29.8 Å². The third kappa shape index (κ3) is 4.78. The molecule has 5 rings (SSSR count). The Morgan fingerprint density at radius 1 is 1.14 bits per heavy atom. The molecule has 0 bridgehead atoms. The minimum Gasteiger partial charge on any atom is -0.467 e. The Kier molecular flexibility index (Phi) is 6.62. The molecule has 2 aromatic carbocycles. The largest absolute Gasteiger partial charge is 0.467 e. The molecule has 2 aromatic heterocycles. The highest BCUT2D eigenvalue weighted by atomic mass is 32.2. The van der Waals surface area contributed by atoms with Gasteiger partial charge in [-0.2, -0.15) is 4.31 Å². The number of carbonyl (C=O) groups is 1. The van der Waals surface area contributed by atoms with Gasteiger partial charge in [0.15, 0.2) is 16.8 Å². The molecule has 0 saturated carbocycles. The van der Waals surface area contributed by atoms with Gasteiger partial charge in [0, 0.05) is 19.0 Å². The van der Waals surface area contributed by atoms with Crippen molar-refractivity contribution in [2.24, 2.45) is 5.92 Å². The Bertz CT molecular complexity index is 1510. The van der Waals surface area contributed by atoms with Crippen LogP contribution in [0.1, 0.15) is 24.2 Å². The van der Waals surface area contributed by atoms with Gasteiger partial charge < -0.3 is 4.42 Å². The second-order valence-corrected chi connectivity index (χ2v) is 11.7. The number of benzene rings is 2. The molecular formula is C25H23F2N3O4S2. The van der Waals surface area contributed by atoms with Crippen LogP contribution in [-0.4, -0.2) is 36.7 Å². The summed E-state index contributed by atoms with van der Waals surface area (Å²) in [6, 6.07) is 12.0. The Morgan fingerprint density at radius 3 is 2.61 bits per heavy atom. The van der Waals surface area contributed by atoms with Gasteiger partial charge in [0.2, 0.25) is 15.9 Å². The van der Waals surface area contributed by atoms with Crippen LogP contribution in [0.15, 0.2) is 64.1 Å². The zero-order chi connectivity index (χ0) is 25.4. The smallest absolute Gasteiger partial charge is 0.243 e. The Labute approximate surface area is 211 Å². The SMILES string of the molecule is Cc1ccc2nc(N(Cc3ccco3)C(=O)C3CCN(S(=O)(=O)c4ccc(F)c(F)c4)CC3)sc2c1. The van der Waals surface area contributed by atoms with Crippen molar-refractivity contribution < 1.29 is 26.4 Å². The van der Waals surface area contributed by atoms with Gasteiger partial charge in [-0.05, 0) is 67.8 Å². The molecule has 36 heavy (non-hydrogen) atoms. The van der Waals surface area contributed by atoms with E-state index in [9.17, 15) is 22.0 Å². The number of hydrogen-bond acceptors (Lipinski definition) is 6. The van der Waals surface area contributed by atoms with Crippen LogP contribution in [0.5, 0.6) is 0 Å². The van der Waals surface area contributed by atoms with Crippen LogP contribution in [0.4, 0.5) is 13.9 Å². The lowest BCUT2D eigenvalue weighted by atomic mass is 9.96. The summed E-state index contributed by atoms with van der Waals surface area (Å²) in [5.74, 6) is -2.31. The number of thiazole rings is 1. The minimum absolute atomic E-state index is 0.0887. The van der Waals surface area contributed by atoms with E-state index in [1.54, 1.807) is 23.3 Å². The van der Waals surface area contributed by atoms with Crippen molar-refractivity contribution in [1.29, 1.82) is 0 Å². The number of hydrogen-bond donors (Lipinski definition) is 0. The highest BCUT2D eigenvalue weighted by Crippen LogP contribution is 2.33. The summed E-state index contributed by atoms with van der Waals surface area (Å²) in [6.45, 7) is 2.38. The number of sulfonamides is 1. The van der Waals surface area contributed by atoms with Gasteiger partial charge in [-0.15, -0.1) is 0 Å². The predicted octanol–water partition coefficient (Wildman–Crippen LogP) is 5.11. The highest BCUT2D eigenvalue weighted by Gasteiger charge is 2.35. The molecule has 0 unspecified atom stereocenters. The van der Waals surface area contributed by atoms with Crippen LogP contribution in [-0.2, 0) is 21.4 Å². The molecule has 188 valence electrons. The molecule has 1 saturated heterocycles. The summed E-state index contributed by atoms with van der Waals surface area (Å²) >= 11 is 1.42. The molecule has 0 N–H and O–H groups in total. The second-order valence-electron chi connectivity index (χ2n) is 8.73. The van der Waals surface area contributed by atoms with Gasteiger partial charge in [-0.3, -0.25) is 9.69 Å². The van der Waals surface area contributed by atoms with E-state index in [1.807, 2.05) is 25.1 Å². The van der Waals surface area contributed by atoms with Crippen LogP contribution in [0.3, 0.4) is 0 Å². The van der Waals surface area contributed by atoms with Gasteiger partial charge >= 0.3 is 0 Å². The number of rotatable bonds is 6. The highest BCUT2D eigenvalue weighted by molar-refractivity contribution is 7.89. The summed E-state index contributed by atoms with van der Waals surface area (Å²) in [4.78, 5) is 19.6. The number of nitrogens with zero attached hydrogens (tertiary/aromatic N) is 3. The number of carbonyl (C=O) groups excluding carboxylic acids is 1. The summed E-state index contributed by atoms with van der Waals surface area (Å²) in [5, 5.41) is 0.550. The average molecular weight is 532 g/mol. The maximum Gasteiger partial charge on any atom is 0.243 e. The summed E-state index contributed by atoms with van der Waals surface area (Å²) in [7, 11) is -4.01. The molecule has 3 heterocycles. The normalized spacial score (nSPS) is 15.4. The van der Waals surface area contributed by atoms with Crippen LogP contribution in [0.2, 0.25) is 0 Å². The van der Waals surface area contributed by atoms with E-state index in [1.165, 1.54) is 15.6 Å². The van der Waals surface area contributed by atoms with E-state index in [2.05, 4.69) is 4.98 Å². The maximum absolute atomic E-state index is 13.7. The van der Waals surface area contributed by atoms with Crippen molar-refractivity contribution in [1.82, 2.24) is 9.29 Å². The molecule has 1 amide bonds. The third-order valence-electron chi connectivity index (χ3n) is 6.26. The lowest BCUT2D eigenvalue weighted by Crippen LogP contribution is -2.44. The van der Waals surface area contributed by atoms with Crippen LogP contribution in [0.25, 0.3) is 10.2 Å². The quantitative estimate of drug-likeness (QED) is 0.345. The fourth-order valence-electron chi connectivity index (χ4n) is 4.28. The van der Waals surface area contributed by atoms with Crippen LogP contribution < -0.4 is 4.90 Å². The molecule has 1 aliphatic rings. The van der Waals surface area contributed by atoms with Crippen molar-refractivity contribution >= 4 is 42.6 Å². The molecule has 0 radical (unpaired) electrons. The summed E-state index contributed by atoms with van der Waals surface area (Å²) < 4.78 is 60.4. The summed E-state index contributed by atoms with van der Waals surface area (Å²) in [6.07, 6.45) is 2.13. The first-order valence-corrected chi connectivity index (χ1v) is 13.6. The van der Waals surface area contributed by atoms with E-state index in [4.69, 9.17) is 4.42 Å². The number of aryl methyl sites for hydroxylation is 1.